The monoisotopic (exact) mass is 337 g/mol. The van der Waals surface area contributed by atoms with Crippen LogP contribution in [0.1, 0.15) is 41.9 Å². The van der Waals surface area contributed by atoms with Gasteiger partial charge in [0.25, 0.3) is 0 Å². The molecule has 0 bridgehead atoms. The smallest absolute Gasteiger partial charge is 0.318 e. The van der Waals surface area contributed by atoms with Crippen LogP contribution in [0.4, 0.5) is 4.39 Å². The van der Waals surface area contributed by atoms with E-state index in [0.29, 0.717) is 5.92 Å². The number of carbonyl (C=O) groups is 1. The van der Waals surface area contributed by atoms with Gasteiger partial charge in [0.05, 0.1) is 11.6 Å². The Labute approximate surface area is 146 Å². The van der Waals surface area contributed by atoms with Crippen molar-refractivity contribution in [3.8, 4) is 0 Å². The number of hydrogen-bond acceptors (Lipinski definition) is 3. The van der Waals surface area contributed by atoms with Crippen LogP contribution in [0.25, 0.3) is 0 Å². The molecule has 0 amide bonds. The summed E-state index contributed by atoms with van der Waals surface area (Å²) in [6.45, 7) is 2.07. The molecule has 0 saturated heterocycles. The minimum atomic E-state index is -0.288. The van der Waals surface area contributed by atoms with Crippen LogP contribution in [0, 0.1) is 24.6 Å². The molecule has 2 saturated carbocycles. The highest BCUT2D eigenvalue weighted by molar-refractivity contribution is 6.04. The summed E-state index contributed by atoms with van der Waals surface area (Å²) in [4.78, 5) is 17.0. The van der Waals surface area contributed by atoms with Gasteiger partial charge in [-0.15, -0.1) is 0 Å². The molecular weight excluding hydrogens is 317 g/mol. The van der Waals surface area contributed by atoms with Crippen molar-refractivity contribution >= 4 is 11.7 Å². The van der Waals surface area contributed by atoms with Gasteiger partial charge in [0.1, 0.15) is 5.82 Å². The van der Waals surface area contributed by atoms with E-state index in [0.717, 1.165) is 30.5 Å². The van der Waals surface area contributed by atoms with Crippen LogP contribution in [0.15, 0.2) is 53.7 Å². The summed E-state index contributed by atoms with van der Waals surface area (Å²) in [7, 11) is 0. The van der Waals surface area contributed by atoms with Crippen LogP contribution in [-0.4, -0.2) is 11.7 Å². The molecule has 4 rings (SSSR count). The van der Waals surface area contributed by atoms with Gasteiger partial charge in [0.2, 0.25) is 0 Å². The van der Waals surface area contributed by atoms with Gasteiger partial charge < -0.3 is 4.84 Å². The first-order valence-corrected chi connectivity index (χ1v) is 8.73. The molecule has 0 heterocycles. The summed E-state index contributed by atoms with van der Waals surface area (Å²) in [6, 6.07) is 14.7. The number of carbonyl (C=O) groups excluding carboxylic acids is 1. The van der Waals surface area contributed by atoms with Crippen molar-refractivity contribution in [1.29, 1.82) is 0 Å². The van der Waals surface area contributed by atoms with Crippen LogP contribution in [-0.2, 0) is 9.63 Å². The minimum absolute atomic E-state index is 0.00492. The van der Waals surface area contributed by atoms with E-state index in [1.54, 1.807) is 12.1 Å². The molecule has 3 nitrogen and oxygen atoms in total. The fourth-order valence-electron chi connectivity index (χ4n) is 3.12. The first-order chi connectivity index (χ1) is 12.1. The fraction of sp³-hybridized carbons (Fsp3) is 0.333. The first kappa shape index (κ1) is 16.0. The number of aryl methyl sites for hydroxylation is 1. The van der Waals surface area contributed by atoms with Gasteiger partial charge in [-0.05, 0) is 55.4 Å². The molecule has 2 fully saturated rings. The summed E-state index contributed by atoms with van der Waals surface area (Å²) in [5, 5.41) is 4.18. The number of oxime groups is 1. The summed E-state index contributed by atoms with van der Waals surface area (Å²) in [6.07, 6.45) is 2.73. The second-order valence-corrected chi connectivity index (χ2v) is 7.03. The van der Waals surface area contributed by atoms with Gasteiger partial charge in [0.15, 0.2) is 0 Å². The Hall–Kier alpha value is -2.49. The Bertz CT molecular complexity index is 807. The van der Waals surface area contributed by atoms with E-state index in [2.05, 4.69) is 36.3 Å². The van der Waals surface area contributed by atoms with E-state index in [-0.39, 0.29) is 23.6 Å². The van der Waals surface area contributed by atoms with Gasteiger partial charge >= 0.3 is 5.97 Å². The highest BCUT2D eigenvalue weighted by atomic mass is 19.1. The lowest BCUT2D eigenvalue weighted by Crippen LogP contribution is -2.10. The molecule has 0 aromatic heterocycles. The minimum Gasteiger partial charge on any atom is -0.318 e. The molecule has 128 valence electrons. The average Bonchev–Trinajstić information content (AvgIpc) is 3.51. The Balaban J connectivity index is 1.57. The molecular formula is C21H20FNO2. The number of nitrogens with zero attached hydrogens (tertiary/aromatic N) is 1. The molecule has 2 aliphatic rings. The molecule has 0 radical (unpaired) electrons. The number of benzene rings is 2. The lowest BCUT2D eigenvalue weighted by atomic mass is 10.0. The quantitative estimate of drug-likeness (QED) is 0.454. The number of halogens is 1. The van der Waals surface area contributed by atoms with Crippen LogP contribution >= 0.6 is 0 Å². The molecule has 2 aliphatic carbocycles. The van der Waals surface area contributed by atoms with Crippen LogP contribution in [0.3, 0.4) is 0 Å². The van der Waals surface area contributed by atoms with Crippen LogP contribution in [0.5, 0.6) is 0 Å². The van der Waals surface area contributed by atoms with E-state index < -0.39 is 0 Å². The van der Waals surface area contributed by atoms with E-state index in [1.165, 1.54) is 23.3 Å². The van der Waals surface area contributed by atoms with Gasteiger partial charge in [-0.1, -0.05) is 47.1 Å². The van der Waals surface area contributed by atoms with E-state index in [1.807, 2.05) is 0 Å². The first-order valence-electron chi connectivity index (χ1n) is 8.73. The third kappa shape index (κ3) is 3.63. The molecule has 25 heavy (non-hydrogen) atoms. The largest absolute Gasteiger partial charge is 0.338 e. The maximum Gasteiger partial charge on any atom is 0.338 e. The Morgan fingerprint density at radius 2 is 1.76 bits per heavy atom. The summed E-state index contributed by atoms with van der Waals surface area (Å²) < 4.78 is 13.2. The summed E-state index contributed by atoms with van der Waals surface area (Å²) >= 11 is 0. The second kappa shape index (κ2) is 6.43. The highest BCUT2D eigenvalue weighted by Crippen LogP contribution is 2.49. The molecule has 0 N–H and O–H groups in total. The highest BCUT2D eigenvalue weighted by Gasteiger charge is 2.43. The predicted octanol–water partition coefficient (Wildman–Crippen LogP) is 4.60. The lowest BCUT2D eigenvalue weighted by molar-refractivity contribution is -0.145. The van der Waals surface area contributed by atoms with Crippen molar-refractivity contribution in [3.63, 3.8) is 0 Å². The lowest BCUT2D eigenvalue weighted by Gasteiger charge is -2.07. The average molecular weight is 337 g/mol. The standard InChI is InChI=1S/C21H20FNO2/c1-13-2-4-14(5-3-13)18-12-19(18)20(15-8-10-17(22)11-9-15)23-25-21(24)16-6-7-16/h2-5,8-11,16,18-19H,6-7,12H2,1H3/b23-20-/t18-,19-/m1/s1. The van der Waals surface area contributed by atoms with Crippen molar-refractivity contribution < 1.29 is 14.0 Å². The zero-order valence-electron chi connectivity index (χ0n) is 14.1. The van der Waals surface area contributed by atoms with Crippen molar-refractivity contribution in [2.45, 2.75) is 32.1 Å². The molecule has 0 aliphatic heterocycles. The van der Waals surface area contributed by atoms with Gasteiger partial charge in [-0.3, -0.25) is 0 Å². The molecule has 2 atom stereocenters. The zero-order valence-corrected chi connectivity index (χ0v) is 14.1. The third-order valence-corrected chi connectivity index (χ3v) is 4.93. The van der Waals surface area contributed by atoms with Gasteiger partial charge in [0, 0.05) is 5.92 Å². The van der Waals surface area contributed by atoms with Crippen LogP contribution < -0.4 is 0 Å². The third-order valence-electron chi connectivity index (χ3n) is 4.93. The predicted molar refractivity (Wildman–Crippen MR) is 93.8 cm³/mol. The number of rotatable bonds is 5. The topological polar surface area (TPSA) is 38.7 Å². The molecule has 2 aromatic carbocycles. The normalized spacial score (nSPS) is 22.6. The Morgan fingerprint density at radius 1 is 1.08 bits per heavy atom. The van der Waals surface area contributed by atoms with Gasteiger partial charge in [-0.25, -0.2) is 9.18 Å². The van der Waals surface area contributed by atoms with Crippen molar-refractivity contribution in [2.24, 2.45) is 17.0 Å². The Morgan fingerprint density at radius 3 is 2.40 bits per heavy atom. The number of hydrogen-bond donors (Lipinski definition) is 0. The SMILES string of the molecule is Cc1ccc([C@H]2C[C@H]2/C(=N\OC(=O)C2CC2)c2ccc(F)cc2)cc1. The second-order valence-electron chi connectivity index (χ2n) is 7.03. The molecule has 0 spiro atoms. The van der Waals surface area contributed by atoms with Crippen LogP contribution in [0.2, 0.25) is 0 Å². The fourth-order valence-corrected chi connectivity index (χ4v) is 3.12. The van der Waals surface area contributed by atoms with Crippen molar-refractivity contribution in [2.75, 3.05) is 0 Å². The van der Waals surface area contributed by atoms with E-state index >= 15 is 0 Å². The zero-order chi connectivity index (χ0) is 17.4. The Kier molecular flexibility index (Phi) is 4.12. The van der Waals surface area contributed by atoms with Crippen molar-refractivity contribution in [3.05, 3.63) is 71.0 Å². The maximum absolute atomic E-state index is 13.2. The van der Waals surface area contributed by atoms with E-state index in [9.17, 15) is 9.18 Å². The van der Waals surface area contributed by atoms with Gasteiger partial charge in [-0.2, -0.15) is 0 Å². The molecule has 0 unspecified atom stereocenters. The summed E-state index contributed by atoms with van der Waals surface area (Å²) in [5.41, 5.74) is 4.04. The van der Waals surface area contributed by atoms with E-state index in [4.69, 9.17) is 4.84 Å². The molecule has 4 heteroatoms. The summed E-state index contributed by atoms with van der Waals surface area (Å²) in [5.74, 6) is 0.0191. The maximum atomic E-state index is 13.2. The van der Waals surface area contributed by atoms with Crippen molar-refractivity contribution in [1.82, 2.24) is 0 Å². The molecule has 2 aromatic rings.